The van der Waals surface area contributed by atoms with Crippen molar-refractivity contribution in [2.45, 2.75) is 38.7 Å². The maximum absolute atomic E-state index is 12.0. The molecule has 2 heterocycles. The molecular formula is C16H20N2O3S. The number of anilines is 1. The predicted molar refractivity (Wildman–Crippen MR) is 87.6 cm³/mol. The van der Waals surface area contributed by atoms with Crippen molar-refractivity contribution in [2.75, 3.05) is 18.5 Å². The highest BCUT2D eigenvalue weighted by Gasteiger charge is 2.17. The molecule has 0 spiro atoms. The third kappa shape index (κ3) is 3.75. The summed E-state index contributed by atoms with van der Waals surface area (Å²) in [6, 6.07) is 5.77. The summed E-state index contributed by atoms with van der Waals surface area (Å²) in [5, 5.41) is 3.52. The van der Waals surface area contributed by atoms with Crippen LogP contribution >= 0.6 is 11.3 Å². The van der Waals surface area contributed by atoms with Crippen molar-refractivity contribution >= 4 is 32.6 Å². The number of hydrogen-bond acceptors (Lipinski definition) is 5. The van der Waals surface area contributed by atoms with Crippen molar-refractivity contribution in [2.24, 2.45) is 0 Å². The maximum atomic E-state index is 12.0. The Morgan fingerprint density at radius 3 is 3.23 bits per heavy atom. The Labute approximate surface area is 133 Å². The minimum absolute atomic E-state index is 0.000382. The molecule has 1 aliphatic heterocycles. The number of carbonyl (C=O) groups excluding carboxylic acids is 1. The van der Waals surface area contributed by atoms with Crippen LogP contribution in [0.25, 0.3) is 10.2 Å². The predicted octanol–water partition coefficient (Wildman–Crippen LogP) is 3.59. The monoisotopic (exact) mass is 320 g/mol. The fourth-order valence-corrected chi connectivity index (χ4v) is 3.47. The van der Waals surface area contributed by atoms with Gasteiger partial charge in [0, 0.05) is 13.0 Å². The van der Waals surface area contributed by atoms with E-state index in [1.807, 2.05) is 25.1 Å². The molecule has 22 heavy (non-hydrogen) atoms. The second-order valence-electron chi connectivity index (χ2n) is 5.30. The van der Waals surface area contributed by atoms with Crippen molar-refractivity contribution in [1.29, 1.82) is 0 Å². The van der Waals surface area contributed by atoms with Gasteiger partial charge in [-0.2, -0.15) is 0 Å². The highest BCUT2D eigenvalue weighted by Crippen LogP contribution is 2.29. The van der Waals surface area contributed by atoms with Gasteiger partial charge in [0.1, 0.15) is 5.75 Å². The lowest BCUT2D eigenvalue weighted by Crippen LogP contribution is -2.15. The average molecular weight is 320 g/mol. The molecule has 118 valence electrons. The Hall–Kier alpha value is -1.66. The third-order valence-electron chi connectivity index (χ3n) is 3.63. The van der Waals surface area contributed by atoms with Crippen LogP contribution in [0.3, 0.4) is 0 Å². The molecule has 1 aromatic heterocycles. The molecule has 0 radical (unpaired) electrons. The molecule has 1 fully saturated rings. The van der Waals surface area contributed by atoms with Gasteiger partial charge < -0.3 is 14.8 Å². The SMILES string of the molecule is CCOc1ccc2nc(NC(=O)CCC3CCCO3)sc2c1. The smallest absolute Gasteiger partial charge is 0.226 e. The van der Waals surface area contributed by atoms with Gasteiger partial charge in [-0.3, -0.25) is 4.79 Å². The summed E-state index contributed by atoms with van der Waals surface area (Å²) in [5.41, 5.74) is 0.878. The van der Waals surface area contributed by atoms with Gasteiger partial charge in [-0.05, 0) is 44.4 Å². The van der Waals surface area contributed by atoms with E-state index in [2.05, 4.69) is 10.3 Å². The van der Waals surface area contributed by atoms with Gasteiger partial charge in [0.25, 0.3) is 0 Å². The summed E-state index contributed by atoms with van der Waals surface area (Å²) < 4.78 is 12.0. The van der Waals surface area contributed by atoms with Crippen molar-refractivity contribution in [1.82, 2.24) is 4.98 Å². The van der Waals surface area contributed by atoms with Gasteiger partial charge in [-0.25, -0.2) is 4.98 Å². The molecule has 1 unspecified atom stereocenters. The molecular weight excluding hydrogens is 300 g/mol. The molecule has 1 amide bonds. The van der Waals surface area contributed by atoms with E-state index in [1.165, 1.54) is 11.3 Å². The van der Waals surface area contributed by atoms with Crippen LogP contribution in [-0.2, 0) is 9.53 Å². The minimum Gasteiger partial charge on any atom is -0.494 e. The molecule has 3 rings (SSSR count). The van der Waals surface area contributed by atoms with Crippen LogP contribution in [0.15, 0.2) is 18.2 Å². The number of amides is 1. The van der Waals surface area contributed by atoms with Gasteiger partial charge in [-0.1, -0.05) is 11.3 Å². The summed E-state index contributed by atoms with van der Waals surface area (Å²) >= 11 is 1.47. The number of carbonyl (C=O) groups is 1. The van der Waals surface area contributed by atoms with Crippen molar-refractivity contribution in [3.63, 3.8) is 0 Å². The molecule has 0 bridgehead atoms. The van der Waals surface area contributed by atoms with Gasteiger partial charge in [0.2, 0.25) is 5.91 Å². The van der Waals surface area contributed by atoms with Gasteiger partial charge in [0.15, 0.2) is 5.13 Å². The largest absolute Gasteiger partial charge is 0.494 e. The van der Waals surface area contributed by atoms with Crippen LogP contribution in [0.2, 0.25) is 0 Å². The number of thiazole rings is 1. The molecule has 1 atom stereocenters. The number of benzene rings is 1. The Balaban J connectivity index is 1.59. The first-order valence-electron chi connectivity index (χ1n) is 7.69. The van der Waals surface area contributed by atoms with Gasteiger partial charge in [-0.15, -0.1) is 0 Å². The first kappa shape index (κ1) is 15.2. The van der Waals surface area contributed by atoms with E-state index in [9.17, 15) is 4.79 Å². The lowest BCUT2D eigenvalue weighted by atomic mass is 10.1. The first-order valence-corrected chi connectivity index (χ1v) is 8.51. The highest BCUT2D eigenvalue weighted by atomic mass is 32.1. The lowest BCUT2D eigenvalue weighted by molar-refractivity contribution is -0.116. The zero-order chi connectivity index (χ0) is 15.4. The van der Waals surface area contributed by atoms with Crippen LogP contribution in [0.1, 0.15) is 32.6 Å². The van der Waals surface area contributed by atoms with Crippen LogP contribution in [-0.4, -0.2) is 30.2 Å². The van der Waals surface area contributed by atoms with Crippen molar-refractivity contribution < 1.29 is 14.3 Å². The Morgan fingerprint density at radius 2 is 2.45 bits per heavy atom. The van der Waals surface area contributed by atoms with Gasteiger partial charge >= 0.3 is 0 Å². The van der Waals surface area contributed by atoms with E-state index in [0.29, 0.717) is 18.2 Å². The van der Waals surface area contributed by atoms with E-state index in [4.69, 9.17) is 9.47 Å². The Kier molecular flexibility index (Phi) is 4.90. The van der Waals surface area contributed by atoms with E-state index in [1.54, 1.807) is 0 Å². The quantitative estimate of drug-likeness (QED) is 0.883. The zero-order valence-corrected chi connectivity index (χ0v) is 13.4. The van der Waals surface area contributed by atoms with Crippen LogP contribution < -0.4 is 10.1 Å². The van der Waals surface area contributed by atoms with E-state index < -0.39 is 0 Å². The lowest BCUT2D eigenvalue weighted by Gasteiger charge is -2.07. The summed E-state index contributed by atoms with van der Waals surface area (Å²) in [6.07, 6.45) is 3.67. The molecule has 1 saturated heterocycles. The molecule has 1 aromatic carbocycles. The summed E-state index contributed by atoms with van der Waals surface area (Å²) in [7, 11) is 0. The minimum atomic E-state index is -0.000382. The molecule has 0 saturated carbocycles. The van der Waals surface area contributed by atoms with E-state index in [0.717, 1.165) is 41.8 Å². The summed E-state index contributed by atoms with van der Waals surface area (Å²) in [5.74, 6) is 0.828. The third-order valence-corrected chi connectivity index (χ3v) is 4.57. The average Bonchev–Trinajstić information content (AvgIpc) is 3.13. The normalized spacial score (nSPS) is 17.8. The van der Waals surface area contributed by atoms with Crippen molar-refractivity contribution in [3.05, 3.63) is 18.2 Å². The number of nitrogens with one attached hydrogen (secondary N) is 1. The van der Waals surface area contributed by atoms with Crippen molar-refractivity contribution in [3.8, 4) is 5.75 Å². The van der Waals surface area contributed by atoms with Crippen LogP contribution in [0, 0.1) is 0 Å². The topological polar surface area (TPSA) is 60.5 Å². The molecule has 2 aromatic rings. The fraction of sp³-hybridized carbons (Fsp3) is 0.500. The molecule has 1 N–H and O–H groups in total. The number of rotatable bonds is 6. The fourth-order valence-electron chi connectivity index (χ4n) is 2.56. The number of hydrogen-bond donors (Lipinski definition) is 1. The highest BCUT2D eigenvalue weighted by molar-refractivity contribution is 7.22. The van der Waals surface area contributed by atoms with E-state index in [-0.39, 0.29) is 12.0 Å². The molecule has 0 aliphatic carbocycles. The molecule has 6 heteroatoms. The number of ether oxygens (including phenoxy) is 2. The Morgan fingerprint density at radius 1 is 1.55 bits per heavy atom. The standard InChI is InChI=1S/C16H20N2O3S/c1-2-20-12-5-7-13-14(10-12)22-16(17-13)18-15(19)8-6-11-4-3-9-21-11/h5,7,10-11H,2-4,6,8-9H2,1H3,(H,17,18,19). The van der Waals surface area contributed by atoms with Crippen LogP contribution in [0.4, 0.5) is 5.13 Å². The molecule has 1 aliphatic rings. The van der Waals surface area contributed by atoms with Crippen LogP contribution in [0.5, 0.6) is 5.75 Å². The second-order valence-corrected chi connectivity index (χ2v) is 6.33. The number of aromatic nitrogens is 1. The number of fused-ring (bicyclic) bond motifs is 1. The maximum Gasteiger partial charge on any atom is 0.226 e. The second kappa shape index (κ2) is 7.07. The summed E-state index contributed by atoms with van der Waals surface area (Å²) in [6.45, 7) is 3.42. The first-order chi connectivity index (χ1) is 10.7. The number of nitrogens with zero attached hydrogens (tertiary/aromatic N) is 1. The molecule has 5 nitrogen and oxygen atoms in total. The zero-order valence-electron chi connectivity index (χ0n) is 12.6. The van der Waals surface area contributed by atoms with Gasteiger partial charge in [0.05, 0.1) is 22.9 Å². The summed E-state index contributed by atoms with van der Waals surface area (Å²) in [4.78, 5) is 16.4. The van der Waals surface area contributed by atoms with E-state index >= 15 is 0 Å². The Bertz CT molecular complexity index is 650.